The summed E-state index contributed by atoms with van der Waals surface area (Å²) in [4.78, 5) is 2.92. The lowest BCUT2D eigenvalue weighted by Crippen LogP contribution is -2.16. The Balaban J connectivity index is 2.31. The van der Waals surface area contributed by atoms with Gasteiger partial charge in [-0.15, -0.1) is 11.3 Å². The van der Waals surface area contributed by atoms with Crippen LogP contribution in [0, 0.1) is 6.92 Å². The molecule has 0 amide bonds. The van der Waals surface area contributed by atoms with E-state index in [1.165, 1.54) is 11.3 Å². The molecule has 0 atom stereocenters. The quantitative estimate of drug-likeness (QED) is 0.885. The minimum atomic E-state index is -3.61. The van der Waals surface area contributed by atoms with Crippen LogP contribution in [-0.4, -0.2) is 22.5 Å². The molecule has 21 heavy (non-hydrogen) atoms. The van der Waals surface area contributed by atoms with Gasteiger partial charge in [0.1, 0.15) is 4.90 Å². The van der Waals surface area contributed by atoms with Crippen LogP contribution >= 0.6 is 11.3 Å². The molecule has 0 aliphatic rings. The summed E-state index contributed by atoms with van der Waals surface area (Å²) in [5.41, 5.74) is 7.88. The summed E-state index contributed by atoms with van der Waals surface area (Å²) < 4.78 is 27.6. The maximum Gasteiger partial charge on any atom is 0.263 e. The molecule has 3 N–H and O–H groups in total. The number of nitrogens with zero attached hydrogens (tertiary/aromatic N) is 1. The molecular formula is C14H19N3O2S2. The molecule has 0 saturated heterocycles. The maximum atomic E-state index is 12.5. The van der Waals surface area contributed by atoms with Crippen molar-refractivity contribution in [1.29, 1.82) is 0 Å². The second kappa shape index (κ2) is 6.05. The molecule has 0 bridgehead atoms. The summed E-state index contributed by atoms with van der Waals surface area (Å²) in [5.74, 6) is 0. The molecule has 1 heterocycles. The van der Waals surface area contributed by atoms with Crippen LogP contribution in [0.1, 0.15) is 10.4 Å². The Morgan fingerprint density at radius 2 is 1.86 bits per heavy atom. The highest BCUT2D eigenvalue weighted by molar-refractivity contribution is 7.93. The van der Waals surface area contributed by atoms with Crippen LogP contribution in [0.15, 0.2) is 34.5 Å². The normalized spacial score (nSPS) is 11.4. The van der Waals surface area contributed by atoms with Crippen LogP contribution in [-0.2, 0) is 16.6 Å². The zero-order valence-corrected chi connectivity index (χ0v) is 13.9. The van der Waals surface area contributed by atoms with Crippen molar-refractivity contribution >= 4 is 32.7 Å². The number of hydrogen-bond donors (Lipinski definition) is 2. The van der Waals surface area contributed by atoms with Crippen molar-refractivity contribution in [2.75, 3.05) is 23.7 Å². The molecule has 0 saturated carbocycles. The Labute approximate surface area is 129 Å². The first-order chi connectivity index (χ1) is 9.85. The number of anilines is 2. The molecule has 1 aromatic heterocycles. The van der Waals surface area contributed by atoms with Crippen molar-refractivity contribution in [3.63, 3.8) is 0 Å². The van der Waals surface area contributed by atoms with Crippen LogP contribution in [0.25, 0.3) is 0 Å². The number of hydrogen-bond acceptors (Lipinski definition) is 5. The summed E-state index contributed by atoms with van der Waals surface area (Å²) >= 11 is 1.37. The summed E-state index contributed by atoms with van der Waals surface area (Å²) in [5, 5.41) is 1.81. The molecule has 0 radical (unpaired) electrons. The van der Waals surface area contributed by atoms with Crippen molar-refractivity contribution < 1.29 is 8.42 Å². The Bertz CT molecular complexity index is 719. The van der Waals surface area contributed by atoms with Gasteiger partial charge in [-0.2, -0.15) is 0 Å². The fourth-order valence-corrected chi connectivity index (χ4v) is 4.79. The third kappa shape index (κ3) is 3.37. The van der Waals surface area contributed by atoms with E-state index in [1.54, 1.807) is 19.1 Å². The smallest absolute Gasteiger partial charge is 0.263 e. The van der Waals surface area contributed by atoms with Crippen molar-refractivity contribution in [2.45, 2.75) is 18.4 Å². The van der Waals surface area contributed by atoms with E-state index in [0.717, 1.165) is 11.3 Å². The predicted molar refractivity (Wildman–Crippen MR) is 88.5 cm³/mol. The first-order valence-corrected chi connectivity index (χ1v) is 8.78. The largest absolute Gasteiger partial charge is 0.378 e. The van der Waals surface area contributed by atoms with E-state index in [-0.39, 0.29) is 6.54 Å². The molecule has 5 nitrogen and oxygen atoms in total. The first kappa shape index (κ1) is 15.8. The minimum Gasteiger partial charge on any atom is -0.378 e. The Morgan fingerprint density at radius 3 is 2.38 bits per heavy atom. The lowest BCUT2D eigenvalue weighted by Gasteiger charge is -2.14. The lowest BCUT2D eigenvalue weighted by molar-refractivity contribution is 0.600. The Hall–Kier alpha value is -1.57. The van der Waals surface area contributed by atoms with Gasteiger partial charge in [0, 0.05) is 36.9 Å². The van der Waals surface area contributed by atoms with Gasteiger partial charge in [-0.3, -0.25) is 4.72 Å². The molecule has 0 aliphatic carbocycles. The number of sulfonamides is 1. The molecule has 0 fully saturated rings. The molecule has 2 rings (SSSR count). The van der Waals surface area contributed by atoms with Gasteiger partial charge in [-0.1, -0.05) is 0 Å². The minimum absolute atomic E-state index is 0.217. The highest BCUT2D eigenvalue weighted by Crippen LogP contribution is 2.28. The average molecular weight is 325 g/mol. The topological polar surface area (TPSA) is 75.4 Å². The number of benzene rings is 1. The first-order valence-electron chi connectivity index (χ1n) is 6.42. The van der Waals surface area contributed by atoms with E-state index in [4.69, 9.17) is 5.73 Å². The molecule has 1 aromatic carbocycles. The molecule has 0 aliphatic heterocycles. The van der Waals surface area contributed by atoms with Gasteiger partial charge in [0.05, 0.1) is 0 Å². The Morgan fingerprint density at radius 1 is 1.24 bits per heavy atom. The van der Waals surface area contributed by atoms with Crippen LogP contribution in [0.5, 0.6) is 0 Å². The van der Waals surface area contributed by atoms with Gasteiger partial charge >= 0.3 is 0 Å². The van der Waals surface area contributed by atoms with Gasteiger partial charge in [0.2, 0.25) is 0 Å². The standard InChI is InChI=1S/C14H19N3O2S2/c1-10-9-20-13(8-15)14(10)21(18,19)16-11-4-6-12(7-5-11)17(2)3/h4-7,9,16H,8,15H2,1-3H3. The highest BCUT2D eigenvalue weighted by atomic mass is 32.2. The summed E-state index contributed by atoms with van der Waals surface area (Å²) in [7, 11) is 0.254. The van der Waals surface area contributed by atoms with Gasteiger partial charge in [-0.25, -0.2) is 8.42 Å². The summed E-state index contributed by atoms with van der Waals surface area (Å²) in [6.07, 6.45) is 0. The van der Waals surface area contributed by atoms with Crippen molar-refractivity contribution in [3.8, 4) is 0 Å². The van der Waals surface area contributed by atoms with E-state index in [0.29, 0.717) is 15.5 Å². The van der Waals surface area contributed by atoms with E-state index >= 15 is 0 Å². The molecule has 0 unspecified atom stereocenters. The number of nitrogens with two attached hydrogens (primary N) is 1. The predicted octanol–water partition coefficient (Wildman–Crippen LogP) is 2.38. The zero-order valence-electron chi connectivity index (χ0n) is 12.3. The SMILES string of the molecule is Cc1csc(CN)c1S(=O)(=O)Nc1ccc(N(C)C)cc1. The number of nitrogens with one attached hydrogen (secondary N) is 1. The summed E-state index contributed by atoms with van der Waals surface area (Å²) in [6, 6.07) is 7.22. The third-order valence-electron chi connectivity index (χ3n) is 3.08. The number of thiophene rings is 1. The molecule has 0 spiro atoms. The Kier molecular flexibility index (Phi) is 4.55. The number of aryl methyl sites for hydroxylation is 1. The van der Waals surface area contributed by atoms with E-state index in [2.05, 4.69) is 4.72 Å². The third-order valence-corrected chi connectivity index (χ3v) is 5.95. The number of rotatable bonds is 5. The second-order valence-electron chi connectivity index (χ2n) is 4.92. The fourth-order valence-electron chi connectivity index (χ4n) is 2.02. The molecule has 2 aromatic rings. The van der Waals surface area contributed by atoms with E-state index < -0.39 is 10.0 Å². The van der Waals surface area contributed by atoms with Crippen LogP contribution < -0.4 is 15.4 Å². The van der Waals surface area contributed by atoms with Crippen molar-refractivity contribution in [2.24, 2.45) is 5.73 Å². The van der Waals surface area contributed by atoms with Gasteiger partial charge in [-0.05, 0) is 42.1 Å². The van der Waals surface area contributed by atoms with E-state index in [9.17, 15) is 8.42 Å². The van der Waals surface area contributed by atoms with Gasteiger partial charge < -0.3 is 10.6 Å². The van der Waals surface area contributed by atoms with Crippen molar-refractivity contribution in [3.05, 3.63) is 40.1 Å². The molecule has 7 heteroatoms. The van der Waals surface area contributed by atoms with E-state index in [1.807, 2.05) is 36.5 Å². The zero-order chi connectivity index (χ0) is 15.6. The molecule has 114 valence electrons. The second-order valence-corrected chi connectivity index (χ2v) is 7.51. The average Bonchev–Trinajstić information content (AvgIpc) is 2.80. The van der Waals surface area contributed by atoms with Crippen LogP contribution in [0.4, 0.5) is 11.4 Å². The van der Waals surface area contributed by atoms with Gasteiger partial charge in [0.25, 0.3) is 10.0 Å². The highest BCUT2D eigenvalue weighted by Gasteiger charge is 2.22. The lowest BCUT2D eigenvalue weighted by atomic mass is 10.3. The van der Waals surface area contributed by atoms with Gasteiger partial charge in [0.15, 0.2) is 0 Å². The summed E-state index contributed by atoms with van der Waals surface area (Å²) in [6.45, 7) is 1.99. The molecular weight excluding hydrogens is 306 g/mol. The van der Waals surface area contributed by atoms with Crippen molar-refractivity contribution in [1.82, 2.24) is 0 Å². The fraction of sp³-hybridized carbons (Fsp3) is 0.286. The maximum absolute atomic E-state index is 12.5. The monoisotopic (exact) mass is 325 g/mol. The van der Waals surface area contributed by atoms with Crippen LogP contribution in [0.3, 0.4) is 0 Å². The van der Waals surface area contributed by atoms with Crippen LogP contribution in [0.2, 0.25) is 0 Å².